The highest BCUT2D eigenvalue weighted by molar-refractivity contribution is 6.13. The van der Waals surface area contributed by atoms with Crippen LogP contribution in [0.1, 0.15) is 65.0 Å². The molecule has 0 bridgehead atoms. The Balaban J connectivity index is 2.41. The normalized spacial score (nSPS) is 13.5. The molecule has 0 aliphatic heterocycles. The number of hydrogen-bond acceptors (Lipinski definition) is 6. The van der Waals surface area contributed by atoms with Crippen LogP contribution in [-0.2, 0) is 16.0 Å². The van der Waals surface area contributed by atoms with Crippen LogP contribution < -0.4 is 30.2 Å². The van der Waals surface area contributed by atoms with E-state index in [4.69, 9.17) is 22.1 Å². The van der Waals surface area contributed by atoms with E-state index in [9.17, 15) is 9.59 Å². The maximum absolute atomic E-state index is 13.8. The lowest BCUT2D eigenvalue weighted by Crippen LogP contribution is -2.55. The molecule has 0 spiro atoms. The van der Waals surface area contributed by atoms with Crippen LogP contribution in [-0.4, -0.2) is 59.0 Å². The molecule has 9 heteroatoms. The molecule has 0 saturated carbocycles. The largest absolute Gasteiger partial charge is 0.493 e. The first kappa shape index (κ1) is 32.9. The SMILES string of the molecule is [B][C@H](CC(C)C)NC(=O)[C@@H](NC(=O)[C@H](Cc1cc(OC)c(OC)c(OC)c1)Nc1cccc(C(C)C)c1)C(C)C. The average Bonchev–Trinajstić information content (AvgIpc) is 2.89. The molecule has 8 nitrogen and oxygen atoms in total. The first-order chi connectivity index (χ1) is 18.9. The van der Waals surface area contributed by atoms with Gasteiger partial charge in [0.1, 0.15) is 12.1 Å². The van der Waals surface area contributed by atoms with Crippen LogP contribution >= 0.6 is 0 Å². The quantitative estimate of drug-likeness (QED) is 0.279. The van der Waals surface area contributed by atoms with E-state index in [1.807, 2.05) is 58.0 Å². The minimum absolute atomic E-state index is 0.152. The van der Waals surface area contributed by atoms with E-state index >= 15 is 0 Å². The van der Waals surface area contributed by atoms with Crippen molar-refractivity contribution in [1.82, 2.24) is 10.6 Å². The Labute approximate surface area is 241 Å². The molecule has 0 fully saturated rings. The third-order valence-corrected chi connectivity index (χ3v) is 6.67. The summed E-state index contributed by atoms with van der Waals surface area (Å²) in [4.78, 5) is 26.9. The molecule has 0 aliphatic rings. The Hall–Kier alpha value is -3.36. The number of amides is 2. The summed E-state index contributed by atoms with van der Waals surface area (Å²) in [6.07, 6.45) is 0.940. The van der Waals surface area contributed by atoms with Gasteiger partial charge in [0.15, 0.2) is 11.5 Å². The smallest absolute Gasteiger partial charge is 0.243 e. The maximum Gasteiger partial charge on any atom is 0.243 e. The van der Waals surface area contributed by atoms with Gasteiger partial charge < -0.3 is 30.2 Å². The number of carbonyl (C=O) groups excluding carboxylic acids is 2. The minimum atomic E-state index is -0.753. The summed E-state index contributed by atoms with van der Waals surface area (Å²) >= 11 is 0. The Kier molecular flexibility index (Phi) is 12.7. The maximum atomic E-state index is 13.8. The van der Waals surface area contributed by atoms with E-state index in [0.29, 0.717) is 41.9 Å². The monoisotopic (exact) mass is 551 g/mol. The van der Waals surface area contributed by atoms with E-state index in [1.165, 1.54) is 0 Å². The molecule has 0 aromatic heterocycles. The molecular formula is C31H46BN3O5. The van der Waals surface area contributed by atoms with Crippen molar-refractivity contribution in [2.75, 3.05) is 26.6 Å². The third kappa shape index (κ3) is 9.38. The molecule has 2 radical (unpaired) electrons. The van der Waals surface area contributed by atoms with Crippen LogP contribution in [0.4, 0.5) is 5.69 Å². The zero-order valence-electron chi connectivity index (χ0n) is 25.5. The number of nitrogens with one attached hydrogen (secondary N) is 3. The van der Waals surface area contributed by atoms with Crippen LogP contribution in [0.25, 0.3) is 0 Å². The van der Waals surface area contributed by atoms with Gasteiger partial charge >= 0.3 is 0 Å². The van der Waals surface area contributed by atoms with E-state index in [2.05, 4.69) is 35.9 Å². The second-order valence-electron chi connectivity index (χ2n) is 11.2. The van der Waals surface area contributed by atoms with Crippen LogP contribution in [0.5, 0.6) is 17.2 Å². The molecule has 218 valence electrons. The van der Waals surface area contributed by atoms with Crippen molar-refractivity contribution in [3.63, 3.8) is 0 Å². The van der Waals surface area contributed by atoms with Gasteiger partial charge in [0.25, 0.3) is 0 Å². The first-order valence-electron chi connectivity index (χ1n) is 13.9. The summed E-state index contributed by atoms with van der Waals surface area (Å²) in [5, 5.41) is 9.23. The fraction of sp³-hybridized carbons (Fsp3) is 0.548. The molecule has 40 heavy (non-hydrogen) atoms. The second kappa shape index (κ2) is 15.4. The topological polar surface area (TPSA) is 97.9 Å². The predicted octanol–water partition coefficient (Wildman–Crippen LogP) is 4.66. The van der Waals surface area contributed by atoms with E-state index in [0.717, 1.165) is 16.8 Å². The molecular weight excluding hydrogens is 505 g/mol. The van der Waals surface area contributed by atoms with Gasteiger partial charge in [-0.3, -0.25) is 9.59 Å². The summed E-state index contributed by atoms with van der Waals surface area (Å²) < 4.78 is 16.5. The van der Waals surface area contributed by atoms with Gasteiger partial charge in [-0.2, -0.15) is 0 Å². The summed E-state index contributed by atoms with van der Waals surface area (Å²) in [5.41, 5.74) is 2.76. The zero-order chi connectivity index (χ0) is 30.0. The molecule has 2 aromatic rings. The van der Waals surface area contributed by atoms with E-state index in [-0.39, 0.29) is 17.7 Å². The van der Waals surface area contributed by atoms with Crippen LogP contribution in [0.2, 0.25) is 0 Å². The second-order valence-corrected chi connectivity index (χ2v) is 11.2. The molecule has 2 aromatic carbocycles. The van der Waals surface area contributed by atoms with Gasteiger partial charge in [0.2, 0.25) is 17.6 Å². The van der Waals surface area contributed by atoms with Crippen molar-refractivity contribution in [3.05, 3.63) is 47.5 Å². The summed E-state index contributed by atoms with van der Waals surface area (Å²) in [7, 11) is 10.8. The lowest BCUT2D eigenvalue weighted by atomic mass is 9.87. The van der Waals surface area contributed by atoms with Crippen molar-refractivity contribution in [3.8, 4) is 17.2 Å². The number of methoxy groups -OCH3 is 3. The summed E-state index contributed by atoms with van der Waals surface area (Å²) in [6.45, 7) is 12.1. The lowest BCUT2D eigenvalue weighted by Gasteiger charge is -2.28. The van der Waals surface area contributed by atoms with E-state index in [1.54, 1.807) is 21.3 Å². The minimum Gasteiger partial charge on any atom is -0.493 e. The molecule has 2 amide bonds. The highest BCUT2D eigenvalue weighted by atomic mass is 16.5. The fourth-order valence-electron chi connectivity index (χ4n) is 4.52. The number of ether oxygens (including phenoxy) is 3. The Morgan fingerprint density at radius 1 is 0.850 bits per heavy atom. The molecule has 0 unspecified atom stereocenters. The van der Waals surface area contributed by atoms with Crippen molar-refractivity contribution in [1.29, 1.82) is 0 Å². The standard InChI is InChI=1S/C31H46BN3O5/c1-18(2)13-27(32)34-31(37)28(20(5)6)35-30(36)24(33-23-12-10-11-22(17-23)19(3)4)14-21-15-25(38-7)29(40-9)26(16-21)39-8/h10-12,15-20,24,27-28,33H,13-14H2,1-9H3,(H,34,37)(H,35,36)/t24-,27-,28-/m0/s1. The van der Waals surface area contributed by atoms with Crippen molar-refractivity contribution < 1.29 is 23.8 Å². The molecule has 0 saturated heterocycles. The number of rotatable bonds is 15. The Morgan fingerprint density at radius 2 is 1.48 bits per heavy atom. The van der Waals surface area contributed by atoms with Crippen LogP contribution in [0.15, 0.2) is 36.4 Å². The number of anilines is 1. The lowest BCUT2D eigenvalue weighted by molar-refractivity contribution is -0.130. The highest BCUT2D eigenvalue weighted by Gasteiger charge is 2.29. The third-order valence-electron chi connectivity index (χ3n) is 6.67. The average molecular weight is 552 g/mol. The molecule has 2 rings (SSSR count). The number of hydrogen-bond donors (Lipinski definition) is 3. The molecule has 0 heterocycles. The predicted molar refractivity (Wildman–Crippen MR) is 162 cm³/mol. The van der Waals surface area contributed by atoms with Crippen molar-refractivity contribution >= 4 is 25.3 Å². The van der Waals surface area contributed by atoms with Gasteiger partial charge in [-0.05, 0) is 65.5 Å². The van der Waals surface area contributed by atoms with Gasteiger partial charge in [0, 0.05) is 12.1 Å². The molecule has 0 aliphatic carbocycles. The number of carbonyl (C=O) groups is 2. The Morgan fingerprint density at radius 3 is 1.98 bits per heavy atom. The number of benzene rings is 2. The van der Waals surface area contributed by atoms with Crippen LogP contribution in [0.3, 0.4) is 0 Å². The highest BCUT2D eigenvalue weighted by Crippen LogP contribution is 2.38. The fourth-order valence-corrected chi connectivity index (χ4v) is 4.52. The Bertz CT molecular complexity index is 1100. The molecule has 3 atom stereocenters. The summed E-state index contributed by atoms with van der Waals surface area (Å²) in [5.74, 6) is 0.873. The van der Waals surface area contributed by atoms with Gasteiger partial charge in [-0.15, -0.1) is 0 Å². The van der Waals surface area contributed by atoms with Gasteiger partial charge in [-0.25, -0.2) is 0 Å². The zero-order valence-corrected chi connectivity index (χ0v) is 25.5. The van der Waals surface area contributed by atoms with Crippen LogP contribution in [0, 0.1) is 11.8 Å². The van der Waals surface area contributed by atoms with Crippen molar-refractivity contribution in [2.45, 2.75) is 78.3 Å². The van der Waals surface area contributed by atoms with Gasteiger partial charge in [0.05, 0.1) is 29.2 Å². The summed E-state index contributed by atoms with van der Waals surface area (Å²) in [6, 6.07) is 10.2. The first-order valence-corrected chi connectivity index (χ1v) is 13.9. The van der Waals surface area contributed by atoms with Gasteiger partial charge in [-0.1, -0.05) is 53.7 Å². The van der Waals surface area contributed by atoms with Crippen molar-refractivity contribution in [2.24, 2.45) is 11.8 Å². The van der Waals surface area contributed by atoms with E-state index < -0.39 is 18.0 Å². The molecule has 3 N–H and O–H groups in total.